The molecule has 0 aromatic heterocycles. The van der Waals surface area contributed by atoms with Crippen molar-refractivity contribution in [3.8, 4) is 0 Å². The lowest BCUT2D eigenvalue weighted by atomic mass is 10.2. The molecule has 0 aliphatic carbocycles. The van der Waals surface area contributed by atoms with E-state index < -0.39 is 16.1 Å². The molecule has 0 aliphatic heterocycles. The molecular weight excluding hydrogens is 366 g/mol. The topological polar surface area (TPSA) is 66.4 Å². The van der Waals surface area contributed by atoms with E-state index >= 15 is 0 Å². The molecule has 6 heteroatoms. The third kappa shape index (κ3) is 5.06. The fourth-order valence-electron chi connectivity index (χ4n) is 1.75. The van der Waals surface area contributed by atoms with Crippen LogP contribution in [0.2, 0.25) is 0 Å². The van der Waals surface area contributed by atoms with Gasteiger partial charge in [0.1, 0.15) is 0 Å². The Morgan fingerprint density at radius 2 is 1.73 bits per heavy atom. The standard InChI is InChI=1S/C16H16BrNO3S/c17-14-7-10-16(11-8-14)22(20,21)18-12-15(19)9-6-13-4-2-1-3-5-13/h1-11,15,18-19H,12H2/b9-6+. The number of hydrogen-bond acceptors (Lipinski definition) is 3. The molecule has 0 spiro atoms. The molecule has 0 radical (unpaired) electrons. The van der Waals surface area contributed by atoms with Crippen molar-refractivity contribution >= 4 is 32.0 Å². The number of hydrogen-bond donors (Lipinski definition) is 2. The van der Waals surface area contributed by atoms with Crippen LogP contribution in [0.1, 0.15) is 5.56 Å². The van der Waals surface area contributed by atoms with Crippen LogP contribution in [0, 0.1) is 0 Å². The molecule has 0 heterocycles. The van der Waals surface area contributed by atoms with Crippen molar-refractivity contribution in [3.63, 3.8) is 0 Å². The van der Waals surface area contributed by atoms with Gasteiger partial charge >= 0.3 is 0 Å². The highest BCUT2D eigenvalue weighted by atomic mass is 79.9. The van der Waals surface area contributed by atoms with E-state index in [2.05, 4.69) is 20.7 Å². The fourth-order valence-corrected chi connectivity index (χ4v) is 3.06. The molecule has 2 aromatic carbocycles. The number of aliphatic hydroxyl groups excluding tert-OH is 1. The molecule has 0 saturated carbocycles. The number of halogens is 1. The molecule has 22 heavy (non-hydrogen) atoms. The lowest BCUT2D eigenvalue weighted by Gasteiger charge is -2.09. The summed E-state index contributed by atoms with van der Waals surface area (Å²) in [6.45, 7) is -0.0816. The second-order valence-electron chi connectivity index (χ2n) is 4.64. The highest BCUT2D eigenvalue weighted by molar-refractivity contribution is 9.10. The van der Waals surface area contributed by atoms with Crippen LogP contribution >= 0.6 is 15.9 Å². The van der Waals surface area contributed by atoms with Gasteiger partial charge in [-0.1, -0.05) is 58.4 Å². The lowest BCUT2D eigenvalue weighted by molar-refractivity contribution is 0.227. The summed E-state index contributed by atoms with van der Waals surface area (Å²) >= 11 is 3.25. The van der Waals surface area contributed by atoms with Gasteiger partial charge in [0.2, 0.25) is 10.0 Å². The first-order valence-electron chi connectivity index (χ1n) is 6.64. The Balaban J connectivity index is 1.94. The maximum atomic E-state index is 12.1. The molecule has 0 bridgehead atoms. The first-order valence-corrected chi connectivity index (χ1v) is 8.91. The first kappa shape index (κ1) is 16.9. The Morgan fingerprint density at radius 1 is 1.09 bits per heavy atom. The number of nitrogens with one attached hydrogen (secondary N) is 1. The van der Waals surface area contributed by atoms with Gasteiger partial charge in [0.05, 0.1) is 11.0 Å². The van der Waals surface area contributed by atoms with E-state index in [9.17, 15) is 13.5 Å². The minimum absolute atomic E-state index is 0.0816. The summed E-state index contributed by atoms with van der Waals surface area (Å²) in [5.74, 6) is 0. The van der Waals surface area contributed by atoms with Crippen molar-refractivity contribution in [2.24, 2.45) is 0 Å². The summed E-state index contributed by atoms with van der Waals surface area (Å²) in [6.07, 6.45) is 2.41. The lowest BCUT2D eigenvalue weighted by Crippen LogP contribution is -2.31. The molecule has 4 nitrogen and oxygen atoms in total. The summed E-state index contributed by atoms with van der Waals surface area (Å²) in [5, 5.41) is 9.84. The highest BCUT2D eigenvalue weighted by Gasteiger charge is 2.14. The summed E-state index contributed by atoms with van der Waals surface area (Å²) in [7, 11) is -3.62. The van der Waals surface area contributed by atoms with Crippen LogP contribution < -0.4 is 4.72 Å². The Morgan fingerprint density at radius 3 is 2.36 bits per heavy atom. The zero-order valence-electron chi connectivity index (χ0n) is 11.7. The molecule has 0 aliphatic rings. The molecule has 2 N–H and O–H groups in total. The van der Waals surface area contributed by atoms with Crippen molar-refractivity contribution in [2.45, 2.75) is 11.0 Å². The third-order valence-corrected chi connectivity index (χ3v) is 4.88. The van der Waals surface area contributed by atoms with E-state index in [-0.39, 0.29) is 11.4 Å². The van der Waals surface area contributed by atoms with Crippen molar-refractivity contribution in [3.05, 3.63) is 70.7 Å². The summed E-state index contributed by atoms with van der Waals surface area (Å²) in [6, 6.07) is 15.8. The third-order valence-electron chi connectivity index (χ3n) is 2.92. The van der Waals surface area contributed by atoms with Gasteiger partial charge in [-0.15, -0.1) is 0 Å². The molecule has 1 unspecified atom stereocenters. The van der Waals surface area contributed by atoms with Crippen molar-refractivity contribution in [1.29, 1.82) is 0 Å². The fraction of sp³-hybridized carbons (Fsp3) is 0.125. The van der Waals surface area contributed by atoms with Crippen molar-refractivity contribution in [2.75, 3.05) is 6.54 Å². The average molecular weight is 382 g/mol. The van der Waals surface area contributed by atoms with Gasteiger partial charge in [-0.2, -0.15) is 0 Å². The Bertz CT molecular complexity index is 728. The van der Waals surface area contributed by atoms with E-state index in [1.807, 2.05) is 30.3 Å². The quantitative estimate of drug-likeness (QED) is 0.808. The molecule has 116 valence electrons. The summed E-state index contributed by atoms with van der Waals surface area (Å²) < 4.78 is 27.3. The van der Waals surface area contributed by atoms with Gasteiger partial charge in [0.25, 0.3) is 0 Å². The molecule has 2 rings (SSSR count). The number of rotatable bonds is 6. The predicted molar refractivity (Wildman–Crippen MR) is 90.8 cm³/mol. The van der Waals surface area contributed by atoms with Crippen LogP contribution in [-0.2, 0) is 10.0 Å². The summed E-state index contributed by atoms with van der Waals surface area (Å²) in [5.41, 5.74) is 0.942. The van der Waals surface area contributed by atoms with E-state index in [4.69, 9.17) is 0 Å². The van der Waals surface area contributed by atoms with Gasteiger partial charge in [0.15, 0.2) is 0 Å². The smallest absolute Gasteiger partial charge is 0.240 e. The minimum Gasteiger partial charge on any atom is -0.388 e. The molecule has 2 aromatic rings. The molecule has 1 atom stereocenters. The van der Waals surface area contributed by atoms with Gasteiger partial charge in [-0.05, 0) is 29.8 Å². The van der Waals surface area contributed by atoms with Crippen molar-refractivity contribution in [1.82, 2.24) is 4.72 Å². The SMILES string of the molecule is O=S(=O)(NCC(O)/C=C/c1ccccc1)c1ccc(Br)cc1. The molecule has 0 amide bonds. The predicted octanol–water partition coefficient (Wildman–Crippen LogP) is 2.80. The first-order chi connectivity index (χ1) is 10.5. The molecular formula is C16H16BrNO3S. The normalized spacial score (nSPS) is 13.4. The maximum Gasteiger partial charge on any atom is 0.240 e. The van der Waals surface area contributed by atoms with E-state index in [0.29, 0.717) is 0 Å². The van der Waals surface area contributed by atoms with Crippen LogP contribution in [0.25, 0.3) is 6.08 Å². The van der Waals surface area contributed by atoms with E-state index in [0.717, 1.165) is 10.0 Å². The highest BCUT2D eigenvalue weighted by Crippen LogP contribution is 2.14. The largest absolute Gasteiger partial charge is 0.388 e. The Hall–Kier alpha value is -1.47. The monoisotopic (exact) mass is 381 g/mol. The van der Waals surface area contributed by atoms with Crippen LogP contribution in [0.3, 0.4) is 0 Å². The summed E-state index contributed by atoms with van der Waals surface area (Å²) in [4.78, 5) is 0.162. The number of sulfonamides is 1. The minimum atomic E-state index is -3.62. The van der Waals surface area contributed by atoms with Crippen LogP contribution in [0.5, 0.6) is 0 Å². The van der Waals surface area contributed by atoms with Gasteiger partial charge in [-0.3, -0.25) is 0 Å². The zero-order valence-corrected chi connectivity index (χ0v) is 14.1. The van der Waals surface area contributed by atoms with Crippen molar-refractivity contribution < 1.29 is 13.5 Å². The van der Waals surface area contributed by atoms with Gasteiger partial charge in [-0.25, -0.2) is 13.1 Å². The van der Waals surface area contributed by atoms with E-state index in [1.54, 1.807) is 24.3 Å². The number of benzene rings is 2. The second kappa shape index (κ2) is 7.69. The molecule has 0 saturated heterocycles. The Kier molecular flexibility index (Phi) is 5.90. The van der Waals surface area contributed by atoms with Crippen LogP contribution in [-0.4, -0.2) is 26.2 Å². The van der Waals surface area contributed by atoms with Crippen LogP contribution in [0.4, 0.5) is 0 Å². The zero-order chi connectivity index (χ0) is 16.0. The van der Waals surface area contributed by atoms with Gasteiger partial charge < -0.3 is 5.11 Å². The molecule has 0 fully saturated rings. The number of aliphatic hydroxyl groups is 1. The Labute approximate surface area is 138 Å². The average Bonchev–Trinajstić information content (AvgIpc) is 2.52. The van der Waals surface area contributed by atoms with Crippen LogP contribution in [0.15, 0.2) is 70.0 Å². The van der Waals surface area contributed by atoms with Gasteiger partial charge in [0, 0.05) is 11.0 Å². The van der Waals surface area contributed by atoms with E-state index in [1.165, 1.54) is 12.1 Å². The maximum absolute atomic E-state index is 12.1. The second-order valence-corrected chi connectivity index (χ2v) is 7.33.